The Morgan fingerprint density at radius 3 is 2.80 bits per heavy atom. The Kier molecular flexibility index (Phi) is 4.36. The maximum absolute atomic E-state index is 12.0. The van der Waals surface area contributed by atoms with Crippen LogP contribution in [0, 0.1) is 5.92 Å². The van der Waals surface area contributed by atoms with Gasteiger partial charge in [-0.1, -0.05) is 13.8 Å². The van der Waals surface area contributed by atoms with E-state index >= 15 is 0 Å². The van der Waals surface area contributed by atoms with Gasteiger partial charge in [0.25, 0.3) is 0 Å². The summed E-state index contributed by atoms with van der Waals surface area (Å²) >= 11 is 0. The van der Waals surface area contributed by atoms with Gasteiger partial charge in [0, 0.05) is 6.07 Å². The summed E-state index contributed by atoms with van der Waals surface area (Å²) in [6, 6.07) is 5.50. The second kappa shape index (κ2) is 5.86. The first-order chi connectivity index (χ1) is 9.37. The fourth-order valence-electron chi connectivity index (χ4n) is 2.40. The zero-order chi connectivity index (χ0) is 14.8. The minimum Gasteiger partial charge on any atom is -0.493 e. The summed E-state index contributed by atoms with van der Waals surface area (Å²) in [7, 11) is 0. The first-order valence-electron chi connectivity index (χ1n) is 7.36. The molecule has 0 aliphatic carbocycles. The van der Waals surface area contributed by atoms with Gasteiger partial charge in [-0.05, 0) is 44.7 Å². The summed E-state index contributed by atoms with van der Waals surface area (Å²) in [6.07, 6.45) is 2.63. The van der Waals surface area contributed by atoms with Crippen molar-refractivity contribution in [2.45, 2.75) is 52.6 Å². The Bertz CT molecular complexity index is 489. The van der Waals surface area contributed by atoms with Crippen molar-refractivity contribution >= 4 is 5.78 Å². The number of carbonyl (C=O) groups excluding carboxylic acids is 1. The molecule has 0 radical (unpaired) electrons. The van der Waals surface area contributed by atoms with Crippen molar-refractivity contribution in [3.8, 4) is 11.5 Å². The molecule has 0 atom stereocenters. The summed E-state index contributed by atoms with van der Waals surface area (Å²) in [5.74, 6) is 2.26. The highest BCUT2D eigenvalue weighted by Gasteiger charge is 2.32. The zero-order valence-electron chi connectivity index (χ0n) is 12.9. The molecule has 1 aromatic carbocycles. The van der Waals surface area contributed by atoms with E-state index < -0.39 is 5.60 Å². The van der Waals surface area contributed by atoms with Gasteiger partial charge in [-0.25, -0.2) is 0 Å². The lowest BCUT2D eigenvalue weighted by Crippen LogP contribution is -2.35. The molecule has 1 aromatic rings. The average Bonchev–Trinajstić information content (AvgIpc) is 2.32. The fraction of sp³-hybridized carbons (Fsp3) is 0.588. The highest BCUT2D eigenvalue weighted by Crippen LogP contribution is 2.35. The first kappa shape index (κ1) is 14.9. The van der Waals surface area contributed by atoms with Crippen LogP contribution in [0.15, 0.2) is 18.2 Å². The van der Waals surface area contributed by atoms with Crippen LogP contribution in [-0.2, 0) is 0 Å². The molecule has 2 rings (SSSR count). The molecule has 0 spiro atoms. The van der Waals surface area contributed by atoms with E-state index in [1.165, 1.54) is 0 Å². The number of carbonyl (C=O) groups is 1. The second-order valence-electron chi connectivity index (χ2n) is 6.50. The van der Waals surface area contributed by atoms with Crippen molar-refractivity contribution < 1.29 is 14.3 Å². The van der Waals surface area contributed by atoms with E-state index in [9.17, 15) is 4.79 Å². The normalized spacial score (nSPS) is 16.8. The molecule has 0 N–H and O–H groups in total. The van der Waals surface area contributed by atoms with Crippen LogP contribution in [0.1, 0.15) is 57.3 Å². The van der Waals surface area contributed by atoms with Crippen molar-refractivity contribution in [3.63, 3.8) is 0 Å². The molecule has 0 aromatic heterocycles. The molecular formula is C17H24O3. The largest absolute Gasteiger partial charge is 0.493 e. The highest BCUT2D eigenvalue weighted by molar-refractivity contribution is 6.00. The minimum atomic E-state index is -0.430. The summed E-state index contributed by atoms with van der Waals surface area (Å²) in [6.45, 7) is 8.99. The number of Topliss-reactive ketones (excluding diaryl/α,β-unsaturated/α-hetero) is 1. The smallest absolute Gasteiger partial charge is 0.170 e. The Morgan fingerprint density at radius 1 is 1.35 bits per heavy atom. The number of hydrogen-bond acceptors (Lipinski definition) is 3. The monoisotopic (exact) mass is 276 g/mol. The molecule has 1 aliphatic rings. The Morgan fingerprint density at radius 2 is 2.10 bits per heavy atom. The van der Waals surface area contributed by atoms with E-state index in [-0.39, 0.29) is 5.78 Å². The molecule has 3 heteroatoms. The van der Waals surface area contributed by atoms with Gasteiger partial charge >= 0.3 is 0 Å². The van der Waals surface area contributed by atoms with E-state index in [0.29, 0.717) is 30.3 Å². The third kappa shape index (κ3) is 3.75. The van der Waals surface area contributed by atoms with Gasteiger partial charge in [0.15, 0.2) is 5.78 Å². The number of benzene rings is 1. The molecule has 0 unspecified atom stereocenters. The van der Waals surface area contributed by atoms with E-state index in [1.807, 2.05) is 32.0 Å². The zero-order valence-corrected chi connectivity index (χ0v) is 12.9. The fourth-order valence-corrected chi connectivity index (χ4v) is 2.40. The van der Waals surface area contributed by atoms with Crippen molar-refractivity contribution in [1.29, 1.82) is 0 Å². The number of fused-ring (bicyclic) bond motifs is 1. The Labute approximate surface area is 121 Å². The lowest BCUT2D eigenvalue weighted by atomic mass is 9.93. The molecule has 1 aliphatic heterocycles. The molecule has 3 nitrogen and oxygen atoms in total. The lowest BCUT2D eigenvalue weighted by Gasteiger charge is -2.31. The summed E-state index contributed by atoms with van der Waals surface area (Å²) in [5, 5.41) is 0. The minimum absolute atomic E-state index is 0.141. The highest BCUT2D eigenvalue weighted by atomic mass is 16.5. The molecule has 20 heavy (non-hydrogen) atoms. The molecule has 0 saturated heterocycles. The van der Waals surface area contributed by atoms with Crippen molar-refractivity contribution in [2.24, 2.45) is 5.92 Å². The first-order valence-corrected chi connectivity index (χ1v) is 7.36. The average molecular weight is 276 g/mol. The summed E-state index contributed by atoms with van der Waals surface area (Å²) < 4.78 is 11.6. The molecule has 0 amide bonds. The molecule has 0 fully saturated rings. The van der Waals surface area contributed by atoms with E-state index in [4.69, 9.17) is 9.47 Å². The molecule has 0 bridgehead atoms. The van der Waals surface area contributed by atoms with Gasteiger partial charge in [-0.3, -0.25) is 4.79 Å². The third-order valence-electron chi connectivity index (χ3n) is 3.42. The van der Waals surface area contributed by atoms with E-state index in [2.05, 4.69) is 13.8 Å². The van der Waals surface area contributed by atoms with Gasteiger partial charge in [0.05, 0.1) is 18.6 Å². The molecule has 0 saturated carbocycles. The van der Waals surface area contributed by atoms with Crippen LogP contribution < -0.4 is 9.47 Å². The SMILES string of the molecule is CC(C)CCCOc1ccc2c(c1)OC(C)(C)CC2=O. The standard InChI is InChI=1S/C17H24O3/c1-12(2)6-5-9-19-13-7-8-14-15(18)11-17(3,4)20-16(14)10-13/h7-8,10,12H,5-6,9,11H2,1-4H3. The predicted octanol–water partition coefficient (Wildman–Crippen LogP) is 4.25. The molecule has 1 heterocycles. The van der Waals surface area contributed by atoms with Gasteiger partial charge in [-0.2, -0.15) is 0 Å². The summed E-state index contributed by atoms with van der Waals surface area (Å²) in [4.78, 5) is 12.0. The van der Waals surface area contributed by atoms with Gasteiger partial charge < -0.3 is 9.47 Å². The maximum Gasteiger partial charge on any atom is 0.170 e. The van der Waals surface area contributed by atoms with Crippen LogP contribution in [0.2, 0.25) is 0 Å². The van der Waals surface area contributed by atoms with Crippen molar-refractivity contribution in [3.05, 3.63) is 23.8 Å². The van der Waals surface area contributed by atoms with Crippen LogP contribution in [0.25, 0.3) is 0 Å². The van der Waals surface area contributed by atoms with Crippen LogP contribution in [-0.4, -0.2) is 18.0 Å². The van der Waals surface area contributed by atoms with Gasteiger partial charge in [0.1, 0.15) is 17.1 Å². The van der Waals surface area contributed by atoms with Crippen LogP contribution in [0.4, 0.5) is 0 Å². The van der Waals surface area contributed by atoms with Crippen LogP contribution in [0.5, 0.6) is 11.5 Å². The van der Waals surface area contributed by atoms with Crippen LogP contribution in [0.3, 0.4) is 0 Å². The predicted molar refractivity (Wildman–Crippen MR) is 79.7 cm³/mol. The topological polar surface area (TPSA) is 35.5 Å². The van der Waals surface area contributed by atoms with Crippen LogP contribution >= 0.6 is 0 Å². The van der Waals surface area contributed by atoms with Gasteiger partial charge in [0.2, 0.25) is 0 Å². The number of ketones is 1. The Hall–Kier alpha value is -1.51. The van der Waals surface area contributed by atoms with Crippen molar-refractivity contribution in [1.82, 2.24) is 0 Å². The van der Waals surface area contributed by atoms with Crippen molar-refractivity contribution in [2.75, 3.05) is 6.61 Å². The lowest BCUT2D eigenvalue weighted by molar-refractivity contribution is 0.0618. The maximum atomic E-state index is 12.0. The Balaban J connectivity index is 2.02. The number of rotatable bonds is 5. The molecular weight excluding hydrogens is 252 g/mol. The summed E-state index contributed by atoms with van der Waals surface area (Å²) in [5.41, 5.74) is 0.235. The quantitative estimate of drug-likeness (QED) is 0.754. The molecule has 110 valence electrons. The number of ether oxygens (including phenoxy) is 2. The number of hydrogen-bond donors (Lipinski definition) is 0. The third-order valence-corrected chi connectivity index (χ3v) is 3.42. The van der Waals surface area contributed by atoms with E-state index in [0.717, 1.165) is 18.6 Å². The van der Waals surface area contributed by atoms with E-state index in [1.54, 1.807) is 0 Å². The second-order valence-corrected chi connectivity index (χ2v) is 6.50. The van der Waals surface area contributed by atoms with Gasteiger partial charge in [-0.15, -0.1) is 0 Å².